The maximum atomic E-state index is 11.2. The third kappa shape index (κ3) is 3.18. The number of carbonyl (C=O) groups excluding carboxylic acids is 1. The van der Waals surface area contributed by atoms with Crippen molar-refractivity contribution in [3.05, 3.63) is 35.4 Å². The van der Waals surface area contributed by atoms with Gasteiger partial charge in [-0.3, -0.25) is 9.80 Å². The molecule has 0 aliphatic carbocycles. The molecule has 0 aromatic heterocycles. The Morgan fingerprint density at radius 2 is 2.21 bits per heavy atom. The Kier molecular flexibility index (Phi) is 3.65. The third-order valence-electron chi connectivity index (χ3n) is 2.10. The van der Waals surface area contributed by atoms with Crippen molar-refractivity contribution in [3.63, 3.8) is 0 Å². The number of amides is 1. The molecule has 1 rings (SSSR count). The van der Waals surface area contributed by atoms with Crippen molar-refractivity contribution >= 4 is 5.91 Å². The van der Waals surface area contributed by atoms with Gasteiger partial charge in [0.15, 0.2) is 0 Å². The number of nitrogens with zero attached hydrogens (tertiary/aromatic N) is 1. The van der Waals surface area contributed by atoms with Gasteiger partial charge in [-0.25, -0.2) is 5.84 Å². The van der Waals surface area contributed by atoms with Gasteiger partial charge in [0.1, 0.15) is 0 Å². The molecule has 0 bridgehead atoms. The summed E-state index contributed by atoms with van der Waals surface area (Å²) in [5, 5.41) is 1.13. The third-order valence-corrected chi connectivity index (χ3v) is 2.10. The van der Waals surface area contributed by atoms with E-state index in [-0.39, 0.29) is 5.91 Å². The molecule has 0 fully saturated rings. The van der Waals surface area contributed by atoms with Crippen LogP contribution in [0.4, 0.5) is 0 Å². The number of hydrogen-bond acceptors (Lipinski definition) is 2. The molecule has 1 aromatic rings. The highest BCUT2D eigenvalue weighted by Crippen LogP contribution is 2.06. The fraction of sp³-hybridized carbons (Fsp3) is 0.364. The van der Waals surface area contributed by atoms with E-state index in [1.54, 1.807) is 7.05 Å². The lowest BCUT2D eigenvalue weighted by Gasteiger charge is -2.09. The Morgan fingerprint density at radius 3 is 2.79 bits per heavy atom. The fourth-order valence-electron chi connectivity index (χ4n) is 1.30. The fourth-order valence-corrected chi connectivity index (χ4v) is 1.30. The monoisotopic (exact) mass is 192 g/mol. The van der Waals surface area contributed by atoms with Gasteiger partial charge < -0.3 is 0 Å². The van der Waals surface area contributed by atoms with Crippen LogP contribution >= 0.6 is 0 Å². The molecule has 14 heavy (non-hydrogen) atoms. The normalized spacial score (nSPS) is 9.93. The van der Waals surface area contributed by atoms with Crippen LogP contribution in [0.2, 0.25) is 0 Å². The zero-order chi connectivity index (χ0) is 10.6. The van der Waals surface area contributed by atoms with Crippen molar-refractivity contribution in [3.8, 4) is 0 Å². The first-order chi connectivity index (χ1) is 6.59. The minimum Gasteiger partial charge on any atom is -0.284 e. The average molecular weight is 192 g/mol. The number of nitrogens with two attached hydrogens (primary N) is 1. The van der Waals surface area contributed by atoms with Crippen LogP contribution in [0.25, 0.3) is 0 Å². The number of benzene rings is 1. The second-order valence-electron chi connectivity index (χ2n) is 3.49. The first kappa shape index (κ1) is 10.7. The summed E-state index contributed by atoms with van der Waals surface area (Å²) in [4.78, 5) is 11.2. The molecule has 3 heteroatoms. The first-order valence-corrected chi connectivity index (χ1v) is 4.66. The van der Waals surface area contributed by atoms with Crippen molar-refractivity contribution in [1.82, 2.24) is 5.01 Å². The molecule has 0 radical (unpaired) electrons. The second-order valence-corrected chi connectivity index (χ2v) is 3.49. The smallest absolute Gasteiger partial charge is 0.236 e. The van der Waals surface area contributed by atoms with Gasteiger partial charge in [0.2, 0.25) is 5.91 Å². The maximum Gasteiger partial charge on any atom is 0.236 e. The highest BCUT2D eigenvalue weighted by atomic mass is 16.2. The Bertz CT molecular complexity index is 321. The van der Waals surface area contributed by atoms with Gasteiger partial charge in [-0.15, -0.1) is 0 Å². The molecular formula is C11H16N2O. The Hall–Kier alpha value is -1.35. The Labute approximate surface area is 84.5 Å². The summed E-state index contributed by atoms with van der Waals surface area (Å²) < 4.78 is 0. The van der Waals surface area contributed by atoms with E-state index in [9.17, 15) is 4.79 Å². The number of hydrogen-bond donors (Lipinski definition) is 1. The molecule has 0 saturated carbocycles. The van der Waals surface area contributed by atoms with Gasteiger partial charge in [0.05, 0.1) is 0 Å². The number of carbonyl (C=O) groups is 1. The van der Waals surface area contributed by atoms with Crippen LogP contribution in [-0.4, -0.2) is 18.0 Å². The largest absolute Gasteiger partial charge is 0.284 e. The van der Waals surface area contributed by atoms with Gasteiger partial charge in [0.25, 0.3) is 0 Å². The molecule has 0 atom stereocenters. The first-order valence-electron chi connectivity index (χ1n) is 4.66. The molecule has 2 N–H and O–H groups in total. The van der Waals surface area contributed by atoms with Gasteiger partial charge in [-0.1, -0.05) is 29.8 Å². The molecule has 76 valence electrons. The van der Waals surface area contributed by atoms with Crippen molar-refractivity contribution < 1.29 is 4.79 Å². The van der Waals surface area contributed by atoms with Gasteiger partial charge in [-0.05, 0) is 18.9 Å². The minimum atomic E-state index is -0.0356. The highest BCUT2D eigenvalue weighted by molar-refractivity contribution is 5.75. The number of hydrazine groups is 1. The van der Waals surface area contributed by atoms with Crippen LogP contribution in [-0.2, 0) is 11.2 Å². The van der Waals surface area contributed by atoms with E-state index < -0.39 is 0 Å². The SMILES string of the molecule is Cc1cccc(CCC(=O)N(C)N)c1. The molecule has 0 aliphatic heterocycles. The zero-order valence-electron chi connectivity index (χ0n) is 8.66. The molecule has 3 nitrogen and oxygen atoms in total. The van der Waals surface area contributed by atoms with E-state index in [0.717, 1.165) is 11.4 Å². The van der Waals surface area contributed by atoms with Crippen LogP contribution in [0.15, 0.2) is 24.3 Å². The van der Waals surface area contributed by atoms with Crippen LogP contribution < -0.4 is 5.84 Å². The van der Waals surface area contributed by atoms with Gasteiger partial charge >= 0.3 is 0 Å². The van der Waals surface area contributed by atoms with E-state index in [0.29, 0.717) is 6.42 Å². The van der Waals surface area contributed by atoms with Crippen molar-refractivity contribution in [2.45, 2.75) is 19.8 Å². The van der Waals surface area contributed by atoms with Gasteiger partial charge in [-0.2, -0.15) is 0 Å². The molecule has 0 saturated heterocycles. The van der Waals surface area contributed by atoms with Crippen molar-refractivity contribution in [2.75, 3.05) is 7.05 Å². The van der Waals surface area contributed by atoms with Crippen LogP contribution in [0, 0.1) is 6.92 Å². The van der Waals surface area contributed by atoms with E-state index in [1.165, 1.54) is 11.1 Å². The van der Waals surface area contributed by atoms with E-state index in [4.69, 9.17) is 5.84 Å². The summed E-state index contributed by atoms with van der Waals surface area (Å²) in [7, 11) is 1.57. The summed E-state index contributed by atoms with van der Waals surface area (Å²) in [6.07, 6.45) is 1.22. The van der Waals surface area contributed by atoms with Crippen molar-refractivity contribution in [2.24, 2.45) is 5.84 Å². The molecule has 0 aliphatic rings. The van der Waals surface area contributed by atoms with E-state index in [2.05, 4.69) is 6.07 Å². The summed E-state index contributed by atoms with van der Waals surface area (Å²) >= 11 is 0. The predicted octanol–water partition coefficient (Wildman–Crippen LogP) is 1.26. The summed E-state index contributed by atoms with van der Waals surface area (Å²) in [6, 6.07) is 8.16. The Morgan fingerprint density at radius 1 is 1.50 bits per heavy atom. The van der Waals surface area contributed by atoms with E-state index in [1.807, 2.05) is 25.1 Å². The van der Waals surface area contributed by atoms with Crippen LogP contribution in [0.1, 0.15) is 17.5 Å². The zero-order valence-corrected chi connectivity index (χ0v) is 8.66. The van der Waals surface area contributed by atoms with Crippen LogP contribution in [0.3, 0.4) is 0 Å². The lowest BCUT2D eigenvalue weighted by Crippen LogP contribution is -2.33. The van der Waals surface area contributed by atoms with Gasteiger partial charge in [0, 0.05) is 13.5 Å². The second kappa shape index (κ2) is 4.77. The molecule has 0 unspecified atom stereocenters. The topological polar surface area (TPSA) is 46.3 Å². The summed E-state index contributed by atoms with van der Waals surface area (Å²) in [6.45, 7) is 2.04. The lowest BCUT2D eigenvalue weighted by molar-refractivity contribution is -0.130. The summed E-state index contributed by atoms with van der Waals surface area (Å²) in [5.41, 5.74) is 2.40. The van der Waals surface area contributed by atoms with E-state index >= 15 is 0 Å². The standard InChI is InChI=1S/C11H16N2O/c1-9-4-3-5-10(8-9)6-7-11(14)13(2)12/h3-5,8H,6-7,12H2,1-2H3. The quantitative estimate of drug-likeness (QED) is 0.445. The average Bonchev–Trinajstić information content (AvgIpc) is 2.14. The predicted molar refractivity (Wildman–Crippen MR) is 56.5 cm³/mol. The molecular weight excluding hydrogens is 176 g/mol. The minimum absolute atomic E-state index is 0.0356. The maximum absolute atomic E-state index is 11.2. The van der Waals surface area contributed by atoms with Crippen LogP contribution in [0.5, 0.6) is 0 Å². The lowest BCUT2D eigenvalue weighted by atomic mass is 10.1. The van der Waals surface area contributed by atoms with Crippen molar-refractivity contribution in [1.29, 1.82) is 0 Å². The molecule has 0 heterocycles. The highest BCUT2D eigenvalue weighted by Gasteiger charge is 2.04. The summed E-state index contributed by atoms with van der Waals surface area (Å²) in [5.74, 6) is 5.28. The number of aryl methyl sites for hydroxylation is 2. The number of rotatable bonds is 3. The molecule has 0 spiro atoms. The molecule has 1 amide bonds. The Balaban J connectivity index is 2.50. The molecule has 1 aromatic carbocycles.